The first kappa shape index (κ1) is 12.7. The van der Waals surface area contributed by atoms with E-state index in [9.17, 15) is 0 Å². The van der Waals surface area contributed by atoms with Crippen LogP contribution in [0.5, 0.6) is 0 Å². The zero-order chi connectivity index (χ0) is 11.4. The highest BCUT2D eigenvalue weighted by Crippen LogP contribution is 2.28. The van der Waals surface area contributed by atoms with Crippen LogP contribution in [0.25, 0.3) is 0 Å². The highest BCUT2D eigenvalue weighted by molar-refractivity contribution is 9.10. The van der Waals surface area contributed by atoms with Crippen LogP contribution < -0.4 is 0 Å². The fourth-order valence-corrected chi connectivity index (χ4v) is 2.31. The second-order valence-corrected chi connectivity index (χ2v) is 4.47. The highest BCUT2D eigenvalue weighted by Gasteiger charge is 2.10. The molecule has 84 valence electrons. The van der Waals surface area contributed by atoms with Crippen LogP contribution in [0.1, 0.15) is 22.3 Å². The van der Waals surface area contributed by atoms with Crippen LogP contribution in [0, 0.1) is 13.8 Å². The van der Waals surface area contributed by atoms with Crippen LogP contribution >= 0.6 is 15.9 Å². The summed E-state index contributed by atoms with van der Waals surface area (Å²) in [6.07, 6.45) is 0.712. The second-order valence-electron chi connectivity index (χ2n) is 3.68. The van der Waals surface area contributed by atoms with Crippen molar-refractivity contribution >= 4 is 15.9 Å². The van der Waals surface area contributed by atoms with Gasteiger partial charge in [0.25, 0.3) is 0 Å². The van der Waals surface area contributed by atoms with E-state index < -0.39 is 0 Å². The van der Waals surface area contributed by atoms with Crippen molar-refractivity contribution in [3.05, 3.63) is 32.8 Å². The molecule has 1 rings (SSSR count). The maximum Gasteiger partial charge on any atom is 0.0724 e. The van der Waals surface area contributed by atoms with Crippen molar-refractivity contribution < 1.29 is 9.84 Å². The molecule has 0 saturated heterocycles. The quantitative estimate of drug-likeness (QED) is 0.914. The number of benzene rings is 1. The molecule has 0 aliphatic carbocycles. The van der Waals surface area contributed by atoms with Crippen LogP contribution in [-0.2, 0) is 17.8 Å². The average Bonchev–Trinajstić information content (AvgIpc) is 2.21. The van der Waals surface area contributed by atoms with Gasteiger partial charge >= 0.3 is 0 Å². The van der Waals surface area contributed by atoms with Gasteiger partial charge in [-0.3, -0.25) is 0 Å². The Morgan fingerprint density at radius 3 is 2.60 bits per heavy atom. The molecule has 0 radical (unpaired) electrons. The number of aliphatic hydroxyl groups is 1. The topological polar surface area (TPSA) is 29.5 Å². The van der Waals surface area contributed by atoms with Gasteiger partial charge in [-0.1, -0.05) is 22.0 Å². The van der Waals surface area contributed by atoms with E-state index in [4.69, 9.17) is 9.84 Å². The molecule has 0 aromatic heterocycles. The molecular formula is C12H17BrO2. The molecule has 0 spiro atoms. The van der Waals surface area contributed by atoms with E-state index in [1.807, 2.05) is 0 Å². The molecular weight excluding hydrogens is 256 g/mol. The summed E-state index contributed by atoms with van der Waals surface area (Å²) in [7, 11) is 1.69. The van der Waals surface area contributed by atoms with Crippen molar-refractivity contribution in [2.75, 3.05) is 13.7 Å². The fraction of sp³-hybridized carbons (Fsp3) is 0.500. The summed E-state index contributed by atoms with van der Waals surface area (Å²) in [5, 5.41) is 8.99. The van der Waals surface area contributed by atoms with Crippen molar-refractivity contribution in [3.8, 4) is 0 Å². The van der Waals surface area contributed by atoms with Crippen LogP contribution in [0.15, 0.2) is 10.5 Å². The van der Waals surface area contributed by atoms with E-state index in [0.29, 0.717) is 13.0 Å². The number of aliphatic hydroxyl groups excluding tert-OH is 1. The second kappa shape index (κ2) is 5.64. The van der Waals surface area contributed by atoms with Crippen LogP contribution in [0.3, 0.4) is 0 Å². The minimum absolute atomic E-state index is 0.192. The third-order valence-electron chi connectivity index (χ3n) is 2.59. The van der Waals surface area contributed by atoms with Gasteiger partial charge in [-0.25, -0.2) is 0 Å². The van der Waals surface area contributed by atoms with Crippen molar-refractivity contribution in [1.82, 2.24) is 0 Å². The minimum Gasteiger partial charge on any atom is -0.396 e. The lowest BCUT2D eigenvalue weighted by Crippen LogP contribution is -2.02. The largest absolute Gasteiger partial charge is 0.396 e. The van der Waals surface area contributed by atoms with Gasteiger partial charge in [0.2, 0.25) is 0 Å². The van der Waals surface area contributed by atoms with E-state index in [1.54, 1.807) is 7.11 Å². The van der Waals surface area contributed by atoms with Crippen LogP contribution in [-0.4, -0.2) is 18.8 Å². The fourth-order valence-electron chi connectivity index (χ4n) is 1.84. The first-order chi connectivity index (χ1) is 7.11. The van der Waals surface area contributed by atoms with Crippen LogP contribution in [0.4, 0.5) is 0 Å². The Kier molecular flexibility index (Phi) is 4.77. The summed E-state index contributed by atoms with van der Waals surface area (Å²) in [4.78, 5) is 0. The number of methoxy groups -OCH3 is 1. The predicted molar refractivity (Wildman–Crippen MR) is 65.1 cm³/mol. The molecule has 0 aliphatic heterocycles. The molecule has 15 heavy (non-hydrogen) atoms. The minimum atomic E-state index is 0.192. The number of aryl methyl sites for hydroxylation is 1. The molecule has 0 fully saturated rings. The molecule has 2 nitrogen and oxygen atoms in total. The molecule has 1 N–H and O–H groups in total. The van der Waals surface area contributed by atoms with Gasteiger partial charge in [-0.05, 0) is 42.5 Å². The summed E-state index contributed by atoms with van der Waals surface area (Å²) in [5.41, 5.74) is 4.81. The summed E-state index contributed by atoms with van der Waals surface area (Å²) in [5.74, 6) is 0. The Bertz CT molecular complexity index is 348. The number of halogens is 1. The van der Waals surface area contributed by atoms with Gasteiger partial charge in [-0.15, -0.1) is 0 Å². The molecule has 0 unspecified atom stereocenters. The highest BCUT2D eigenvalue weighted by atomic mass is 79.9. The van der Waals surface area contributed by atoms with Gasteiger partial charge in [0.15, 0.2) is 0 Å². The number of ether oxygens (including phenoxy) is 1. The van der Waals surface area contributed by atoms with Crippen molar-refractivity contribution in [3.63, 3.8) is 0 Å². The summed E-state index contributed by atoms with van der Waals surface area (Å²) >= 11 is 3.57. The Morgan fingerprint density at radius 1 is 1.40 bits per heavy atom. The molecule has 0 amide bonds. The van der Waals surface area contributed by atoms with E-state index >= 15 is 0 Å². The Morgan fingerprint density at radius 2 is 2.07 bits per heavy atom. The van der Waals surface area contributed by atoms with Gasteiger partial charge < -0.3 is 9.84 Å². The molecule has 3 heteroatoms. The standard InChI is InChI=1S/C12H17BrO2/c1-8-6-10(7-15-3)12(13)9(2)11(8)4-5-14/h6,14H,4-5,7H2,1-3H3. The zero-order valence-electron chi connectivity index (χ0n) is 9.43. The molecule has 0 bridgehead atoms. The Labute approximate surface area is 99.4 Å². The van der Waals surface area contributed by atoms with Gasteiger partial charge in [0.1, 0.15) is 0 Å². The summed E-state index contributed by atoms with van der Waals surface area (Å²) < 4.78 is 6.23. The van der Waals surface area contributed by atoms with Crippen molar-refractivity contribution in [2.45, 2.75) is 26.9 Å². The normalized spacial score (nSPS) is 10.7. The lowest BCUT2D eigenvalue weighted by molar-refractivity contribution is 0.184. The molecule has 0 saturated carbocycles. The third-order valence-corrected chi connectivity index (χ3v) is 3.70. The maximum atomic E-state index is 8.99. The number of hydrogen-bond acceptors (Lipinski definition) is 2. The molecule has 1 aromatic carbocycles. The van der Waals surface area contributed by atoms with Crippen LogP contribution in [0.2, 0.25) is 0 Å². The first-order valence-corrected chi connectivity index (χ1v) is 5.78. The van der Waals surface area contributed by atoms with E-state index in [2.05, 4.69) is 35.8 Å². The monoisotopic (exact) mass is 272 g/mol. The van der Waals surface area contributed by atoms with Crippen molar-refractivity contribution in [1.29, 1.82) is 0 Å². The maximum absolute atomic E-state index is 8.99. The lowest BCUT2D eigenvalue weighted by Gasteiger charge is -2.14. The SMILES string of the molecule is COCc1cc(C)c(CCO)c(C)c1Br. The molecule has 1 aromatic rings. The van der Waals surface area contributed by atoms with Crippen molar-refractivity contribution in [2.24, 2.45) is 0 Å². The smallest absolute Gasteiger partial charge is 0.0724 e. The average molecular weight is 273 g/mol. The Balaban J connectivity index is 3.18. The number of hydrogen-bond donors (Lipinski definition) is 1. The predicted octanol–water partition coefficient (Wildman–Crippen LogP) is 2.75. The van der Waals surface area contributed by atoms with E-state index in [0.717, 1.165) is 10.0 Å². The number of rotatable bonds is 4. The lowest BCUT2D eigenvalue weighted by atomic mass is 9.97. The van der Waals surface area contributed by atoms with Gasteiger partial charge in [-0.2, -0.15) is 0 Å². The third kappa shape index (κ3) is 2.80. The van der Waals surface area contributed by atoms with E-state index in [-0.39, 0.29) is 6.61 Å². The Hall–Kier alpha value is -0.380. The first-order valence-electron chi connectivity index (χ1n) is 4.99. The van der Waals surface area contributed by atoms with Gasteiger partial charge in [0, 0.05) is 18.2 Å². The summed E-state index contributed by atoms with van der Waals surface area (Å²) in [6.45, 7) is 4.95. The molecule has 0 aliphatic rings. The van der Waals surface area contributed by atoms with E-state index in [1.165, 1.54) is 16.7 Å². The zero-order valence-corrected chi connectivity index (χ0v) is 11.0. The molecule has 0 heterocycles. The van der Waals surface area contributed by atoms with Gasteiger partial charge in [0.05, 0.1) is 6.61 Å². The molecule has 0 atom stereocenters. The summed E-state index contributed by atoms with van der Waals surface area (Å²) in [6, 6.07) is 2.12.